The van der Waals surface area contributed by atoms with Gasteiger partial charge in [-0.25, -0.2) is 13.4 Å². The zero-order chi connectivity index (χ0) is 20.1. The highest BCUT2D eigenvalue weighted by molar-refractivity contribution is 7.91. The van der Waals surface area contributed by atoms with Crippen LogP contribution in [0.4, 0.5) is 6.01 Å². The number of hydrogen-bond acceptors (Lipinski definition) is 9. The Bertz CT molecular complexity index is 1060. The number of ether oxygens (including phenoxy) is 1. The second kappa shape index (κ2) is 8.48. The van der Waals surface area contributed by atoms with Gasteiger partial charge < -0.3 is 9.15 Å². The lowest BCUT2D eigenvalue weighted by molar-refractivity contribution is -0.116. The monoisotopic (exact) mass is 422 g/mol. The van der Waals surface area contributed by atoms with Gasteiger partial charge in [0.15, 0.2) is 9.84 Å². The first-order valence-corrected chi connectivity index (χ1v) is 10.8. The number of aromatic nitrogens is 3. The molecule has 2 heterocycles. The lowest BCUT2D eigenvalue weighted by Crippen LogP contribution is -2.14. The van der Waals surface area contributed by atoms with E-state index in [4.69, 9.17) is 9.15 Å². The summed E-state index contributed by atoms with van der Waals surface area (Å²) in [5.74, 6) is 0.223. The van der Waals surface area contributed by atoms with E-state index in [0.717, 1.165) is 5.01 Å². The average Bonchev–Trinajstić information content (AvgIpc) is 3.30. The third-order valence-corrected chi connectivity index (χ3v) is 6.33. The third-order valence-electron chi connectivity index (χ3n) is 3.74. The molecule has 0 fully saturated rings. The fourth-order valence-corrected chi connectivity index (χ4v) is 4.24. The Kier molecular flexibility index (Phi) is 6.05. The minimum atomic E-state index is -3.48. The van der Waals surface area contributed by atoms with Gasteiger partial charge in [0.1, 0.15) is 11.4 Å². The van der Waals surface area contributed by atoms with Gasteiger partial charge in [-0.15, -0.1) is 16.4 Å². The molecule has 0 saturated carbocycles. The number of benzene rings is 1. The first kappa shape index (κ1) is 20.0. The smallest absolute Gasteiger partial charge is 0.322 e. The SMILES string of the molecule is COc1ccc(S(=O)(=O)CCCC(=O)Nc2nnc(-c3csc(C)n3)o2)cc1. The summed E-state index contributed by atoms with van der Waals surface area (Å²) in [6.07, 6.45) is 0.162. The van der Waals surface area contributed by atoms with E-state index in [0.29, 0.717) is 11.4 Å². The number of carbonyl (C=O) groups is 1. The Morgan fingerprint density at radius 1 is 1.25 bits per heavy atom. The van der Waals surface area contributed by atoms with E-state index in [2.05, 4.69) is 20.5 Å². The summed E-state index contributed by atoms with van der Waals surface area (Å²) < 4.78 is 35.0. The first-order chi connectivity index (χ1) is 13.4. The predicted molar refractivity (Wildman–Crippen MR) is 103 cm³/mol. The molecule has 0 bridgehead atoms. The molecule has 3 rings (SSSR count). The number of aryl methyl sites for hydroxylation is 1. The van der Waals surface area contributed by atoms with Crippen molar-refractivity contribution in [3.8, 4) is 17.3 Å². The van der Waals surface area contributed by atoms with Crippen molar-refractivity contribution in [2.45, 2.75) is 24.7 Å². The molecule has 9 nitrogen and oxygen atoms in total. The fourth-order valence-electron chi connectivity index (χ4n) is 2.34. The summed E-state index contributed by atoms with van der Waals surface area (Å²) in [6, 6.07) is 6.07. The number of rotatable bonds is 8. The van der Waals surface area contributed by atoms with Crippen LogP contribution >= 0.6 is 11.3 Å². The number of methoxy groups -OCH3 is 1. The van der Waals surface area contributed by atoms with Crippen LogP contribution in [-0.4, -0.2) is 42.4 Å². The second-order valence-corrected chi connectivity index (χ2v) is 8.98. The molecule has 1 N–H and O–H groups in total. The predicted octanol–water partition coefficient (Wildman–Crippen LogP) is 2.70. The van der Waals surface area contributed by atoms with Gasteiger partial charge in [0.05, 0.1) is 22.8 Å². The van der Waals surface area contributed by atoms with Crippen molar-refractivity contribution in [1.82, 2.24) is 15.2 Å². The van der Waals surface area contributed by atoms with Crippen molar-refractivity contribution in [1.29, 1.82) is 0 Å². The number of hydrogen-bond donors (Lipinski definition) is 1. The van der Waals surface area contributed by atoms with Crippen LogP contribution < -0.4 is 10.1 Å². The summed E-state index contributed by atoms with van der Waals surface area (Å²) in [5, 5.41) is 12.7. The Morgan fingerprint density at radius 2 is 2.00 bits per heavy atom. The molecular weight excluding hydrogens is 404 g/mol. The number of nitrogens with zero attached hydrogens (tertiary/aromatic N) is 3. The van der Waals surface area contributed by atoms with Crippen molar-refractivity contribution in [2.75, 3.05) is 18.2 Å². The highest BCUT2D eigenvalue weighted by Crippen LogP contribution is 2.22. The van der Waals surface area contributed by atoms with E-state index in [1.807, 2.05) is 6.92 Å². The molecule has 0 aliphatic rings. The van der Waals surface area contributed by atoms with Gasteiger partial charge in [0.2, 0.25) is 5.91 Å². The molecule has 11 heteroatoms. The van der Waals surface area contributed by atoms with Crippen molar-refractivity contribution >= 4 is 33.1 Å². The highest BCUT2D eigenvalue weighted by atomic mass is 32.2. The van der Waals surface area contributed by atoms with Crippen molar-refractivity contribution in [3.63, 3.8) is 0 Å². The Hall–Kier alpha value is -2.79. The van der Waals surface area contributed by atoms with Crippen LogP contribution in [0.3, 0.4) is 0 Å². The lowest BCUT2D eigenvalue weighted by Gasteiger charge is -2.05. The first-order valence-electron chi connectivity index (χ1n) is 8.30. The van der Waals surface area contributed by atoms with Crippen LogP contribution in [0.15, 0.2) is 39.0 Å². The van der Waals surface area contributed by atoms with E-state index in [-0.39, 0.29) is 35.4 Å². The summed E-state index contributed by atoms with van der Waals surface area (Å²) in [6.45, 7) is 1.85. The molecule has 148 valence electrons. The molecule has 1 aromatic carbocycles. The summed E-state index contributed by atoms with van der Waals surface area (Å²) in [5.41, 5.74) is 0.543. The number of amides is 1. The Balaban J connectivity index is 1.51. The third kappa shape index (κ3) is 4.93. The van der Waals surface area contributed by atoms with Crippen molar-refractivity contribution < 1.29 is 22.4 Å². The minimum Gasteiger partial charge on any atom is -0.497 e. The maximum atomic E-state index is 12.3. The molecule has 0 unspecified atom stereocenters. The number of nitrogens with one attached hydrogen (secondary N) is 1. The molecule has 0 spiro atoms. The van der Waals surface area contributed by atoms with E-state index in [1.165, 1.54) is 30.6 Å². The molecular formula is C17H18N4O5S2. The van der Waals surface area contributed by atoms with Gasteiger partial charge in [-0.3, -0.25) is 10.1 Å². The quantitative estimate of drug-likeness (QED) is 0.587. The highest BCUT2D eigenvalue weighted by Gasteiger charge is 2.17. The zero-order valence-electron chi connectivity index (χ0n) is 15.2. The van der Waals surface area contributed by atoms with E-state index < -0.39 is 15.7 Å². The van der Waals surface area contributed by atoms with Crippen LogP contribution in [0, 0.1) is 6.92 Å². The summed E-state index contributed by atoms with van der Waals surface area (Å²) >= 11 is 1.45. The second-order valence-electron chi connectivity index (χ2n) is 5.81. The van der Waals surface area contributed by atoms with E-state index in [1.54, 1.807) is 17.5 Å². The van der Waals surface area contributed by atoms with Gasteiger partial charge in [0, 0.05) is 11.8 Å². The minimum absolute atomic E-state index is 0.00288. The Morgan fingerprint density at radius 3 is 2.64 bits per heavy atom. The van der Waals surface area contributed by atoms with Crippen LogP contribution in [0.2, 0.25) is 0 Å². The average molecular weight is 422 g/mol. The maximum Gasteiger partial charge on any atom is 0.322 e. The molecule has 3 aromatic rings. The molecule has 2 aromatic heterocycles. The summed E-state index contributed by atoms with van der Waals surface area (Å²) in [7, 11) is -1.97. The molecule has 0 radical (unpaired) electrons. The number of thiazole rings is 1. The van der Waals surface area contributed by atoms with E-state index >= 15 is 0 Å². The van der Waals surface area contributed by atoms with Gasteiger partial charge in [-0.2, -0.15) is 0 Å². The van der Waals surface area contributed by atoms with Gasteiger partial charge >= 0.3 is 6.01 Å². The van der Waals surface area contributed by atoms with Crippen LogP contribution in [0.5, 0.6) is 5.75 Å². The molecule has 28 heavy (non-hydrogen) atoms. The number of sulfone groups is 1. The van der Waals surface area contributed by atoms with Crippen molar-refractivity contribution in [3.05, 3.63) is 34.7 Å². The normalized spacial score (nSPS) is 11.4. The Labute approximate surface area is 165 Å². The number of carbonyl (C=O) groups excluding carboxylic acids is 1. The fraction of sp³-hybridized carbons (Fsp3) is 0.294. The van der Waals surface area contributed by atoms with Crippen molar-refractivity contribution in [2.24, 2.45) is 0 Å². The van der Waals surface area contributed by atoms with Crippen LogP contribution in [-0.2, 0) is 14.6 Å². The van der Waals surface area contributed by atoms with Gasteiger partial charge in [0.25, 0.3) is 5.89 Å². The largest absolute Gasteiger partial charge is 0.497 e. The van der Waals surface area contributed by atoms with Crippen LogP contribution in [0.1, 0.15) is 17.8 Å². The standard InChI is InChI=1S/C17H18N4O5S2/c1-11-18-14(10-27-11)16-20-21-17(26-16)19-15(22)4-3-9-28(23,24)13-7-5-12(25-2)6-8-13/h5-8,10H,3-4,9H2,1-2H3,(H,19,21,22). The molecule has 0 atom stereocenters. The molecule has 1 amide bonds. The summed E-state index contributed by atoms with van der Waals surface area (Å²) in [4.78, 5) is 16.4. The van der Waals surface area contributed by atoms with Gasteiger partial charge in [-0.05, 0) is 37.6 Å². The lowest BCUT2D eigenvalue weighted by atomic mass is 10.3. The topological polar surface area (TPSA) is 124 Å². The zero-order valence-corrected chi connectivity index (χ0v) is 16.8. The molecule has 0 saturated heterocycles. The number of anilines is 1. The van der Waals surface area contributed by atoms with E-state index in [9.17, 15) is 13.2 Å². The maximum absolute atomic E-state index is 12.3. The molecule has 0 aliphatic heterocycles. The molecule has 0 aliphatic carbocycles. The van der Waals surface area contributed by atoms with Gasteiger partial charge in [-0.1, -0.05) is 5.10 Å². The van der Waals surface area contributed by atoms with Crippen LogP contribution in [0.25, 0.3) is 11.6 Å².